The molecule has 1 unspecified atom stereocenters. The minimum absolute atomic E-state index is 0.0371. The summed E-state index contributed by atoms with van der Waals surface area (Å²) in [5, 5.41) is 13.9. The predicted octanol–water partition coefficient (Wildman–Crippen LogP) is 4.32. The van der Waals surface area contributed by atoms with Gasteiger partial charge in [0.15, 0.2) is 0 Å². The van der Waals surface area contributed by atoms with E-state index >= 15 is 0 Å². The average Bonchev–Trinajstić information content (AvgIpc) is 2.69. The van der Waals surface area contributed by atoms with Crippen LogP contribution in [0.1, 0.15) is 41.4 Å². The first kappa shape index (κ1) is 24.2. The summed E-state index contributed by atoms with van der Waals surface area (Å²) in [4.78, 5) is 34.4. The summed E-state index contributed by atoms with van der Waals surface area (Å²) in [5.74, 6) is -1.74. The Morgan fingerprint density at radius 2 is 1.87 bits per heavy atom. The van der Waals surface area contributed by atoms with E-state index in [1.54, 1.807) is 13.8 Å². The summed E-state index contributed by atoms with van der Waals surface area (Å²) < 4.78 is 39.0. The van der Waals surface area contributed by atoms with E-state index in [-0.39, 0.29) is 27.8 Å². The van der Waals surface area contributed by atoms with Gasteiger partial charge >= 0.3 is 6.18 Å². The monoisotopic (exact) mass is 455 g/mol. The van der Waals surface area contributed by atoms with Crippen LogP contribution in [-0.2, 0) is 11.0 Å². The third-order valence-electron chi connectivity index (χ3n) is 4.36. The summed E-state index contributed by atoms with van der Waals surface area (Å²) in [5.41, 5.74) is 4.21. The van der Waals surface area contributed by atoms with Crippen LogP contribution in [0.15, 0.2) is 47.4 Å². The maximum Gasteiger partial charge on any atom is 0.416 e. The number of carbonyl (C=O) groups excluding carboxylic acids is 2. The number of rotatable bonds is 8. The predicted molar refractivity (Wildman–Crippen MR) is 110 cm³/mol. The largest absolute Gasteiger partial charge is 0.416 e. The summed E-state index contributed by atoms with van der Waals surface area (Å²) in [6.45, 7) is 3.51. The molecule has 0 saturated heterocycles. The number of amides is 2. The summed E-state index contributed by atoms with van der Waals surface area (Å²) in [7, 11) is 0. The van der Waals surface area contributed by atoms with E-state index in [9.17, 15) is 32.9 Å². The molecule has 2 amide bonds. The molecule has 0 radical (unpaired) electrons. The molecular formula is C20H20F3N3O4S. The van der Waals surface area contributed by atoms with Crippen LogP contribution in [0.3, 0.4) is 0 Å². The second-order valence-corrected chi connectivity index (χ2v) is 8.02. The molecule has 31 heavy (non-hydrogen) atoms. The van der Waals surface area contributed by atoms with Gasteiger partial charge in [-0.3, -0.25) is 19.7 Å². The van der Waals surface area contributed by atoms with E-state index in [1.807, 2.05) is 0 Å². The smallest absolute Gasteiger partial charge is 0.366 e. The van der Waals surface area contributed by atoms with E-state index in [1.165, 1.54) is 24.3 Å². The van der Waals surface area contributed by atoms with E-state index in [0.717, 1.165) is 30.0 Å². The second kappa shape index (κ2) is 9.82. The highest BCUT2D eigenvalue weighted by Crippen LogP contribution is 2.33. The number of nitro groups is 1. The lowest BCUT2D eigenvalue weighted by Crippen LogP contribution is -2.33. The molecule has 0 fully saturated rings. The second-order valence-electron chi connectivity index (χ2n) is 7.00. The zero-order valence-electron chi connectivity index (χ0n) is 16.6. The molecule has 7 nitrogen and oxygen atoms in total. The van der Waals surface area contributed by atoms with Crippen LogP contribution in [0.25, 0.3) is 0 Å². The van der Waals surface area contributed by atoms with Crippen LogP contribution in [0.4, 0.5) is 18.9 Å². The highest BCUT2D eigenvalue weighted by atomic mass is 32.2. The van der Waals surface area contributed by atoms with Crippen molar-refractivity contribution in [2.45, 2.75) is 31.0 Å². The van der Waals surface area contributed by atoms with Gasteiger partial charge in [0.05, 0.1) is 27.2 Å². The van der Waals surface area contributed by atoms with Gasteiger partial charge in [0.25, 0.3) is 5.69 Å². The first-order valence-electron chi connectivity index (χ1n) is 9.07. The van der Waals surface area contributed by atoms with Crippen LogP contribution in [-0.4, -0.2) is 22.5 Å². The van der Waals surface area contributed by atoms with Gasteiger partial charge in [-0.2, -0.15) is 13.2 Å². The normalized spacial score (nSPS) is 12.5. The van der Waals surface area contributed by atoms with Gasteiger partial charge in [-0.1, -0.05) is 26.0 Å². The number of nitrogens with zero attached hydrogens (tertiary/aromatic N) is 1. The number of hydrogen-bond donors (Lipinski definition) is 2. The molecule has 166 valence electrons. The number of nitrogens with one attached hydrogen (secondary N) is 1. The molecule has 0 aliphatic rings. The van der Waals surface area contributed by atoms with Crippen LogP contribution in [0, 0.1) is 16.0 Å². The molecule has 1 atom stereocenters. The van der Waals surface area contributed by atoms with Crippen molar-refractivity contribution >= 4 is 29.3 Å². The third kappa shape index (κ3) is 6.45. The van der Waals surface area contributed by atoms with Crippen LogP contribution in [0.5, 0.6) is 0 Å². The number of halogens is 3. The first-order chi connectivity index (χ1) is 14.4. The SMILES string of the molecule is CC(C)C(NC(=O)CSc1ccc(C(N)=O)cc1[N+](=O)[O-])c1cccc(C(F)(F)F)c1. The topological polar surface area (TPSA) is 115 Å². The molecule has 0 aliphatic heterocycles. The minimum atomic E-state index is -4.51. The van der Waals surface area contributed by atoms with Crippen molar-refractivity contribution in [3.8, 4) is 0 Å². The van der Waals surface area contributed by atoms with Crippen LogP contribution < -0.4 is 11.1 Å². The van der Waals surface area contributed by atoms with Crippen molar-refractivity contribution in [3.05, 3.63) is 69.3 Å². The third-order valence-corrected chi connectivity index (χ3v) is 5.42. The van der Waals surface area contributed by atoms with Crippen molar-refractivity contribution in [2.24, 2.45) is 11.7 Å². The number of primary amides is 1. The molecule has 11 heteroatoms. The van der Waals surface area contributed by atoms with Gasteiger partial charge in [0.1, 0.15) is 0 Å². The minimum Gasteiger partial charge on any atom is -0.366 e. The average molecular weight is 455 g/mol. The van der Waals surface area contributed by atoms with Crippen molar-refractivity contribution < 1.29 is 27.7 Å². The van der Waals surface area contributed by atoms with Crippen LogP contribution in [0.2, 0.25) is 0 Å². The quantitative estimate of drug-likeness (QED) is 0.349. The fourth-order valence-electron chi connectivity index (χ4n) is 2.84. The Morgan fingerprint density at radius 1 is 1.19 bits per heavy atom. The summed E-state index contributed by atoms with van der Waals surface area (Å²) >= 11 is 0.874. The molecule has 0 saturated carbocycles. The molecule has 3 N–H and O–H groups in total. The van der Waals surface area contributed by atoms with Gasteiger partial charge in [0.2, 0.25) is 11.8 Å². The Kier molecular flexibility index (Phi) is 7.66. The summed E-state index contributed by atoms with van der Waals surface area (Å²) in [6.07, 6.45) is -4.51. The molecule has 0 heterocycles. The Labute approximate surface area is 180 Å². The van der Waals surface area contributed by atoms with E-state index in [4.69, 9.17) is 5.73 Å². The Balaban J connectivity index is 2.15. The van der Waals surface area contributed by atoms with Crippen molar-refractivity contribution in [2.75, 3.05) is 5.75 Å². The molecule has 0 spiro atoms. The number of benzene rings is 2. The molecule has 0 bridgehead atoms. The standard InChI is InChI=1S/C20H20F3N3O4S/c1-11(2)18(12-4-3-5-14(8-12)20(21,22)23)25-17(27)10-31-16-7-6-13(19(24)28)9-15(16)26(29)30/h3-9,11,18H,10H2,1-2H3,(H2,24,28)(H,25,27). The fraction of sp³-hybridized carbons (Fsp3) is 0.300. The maximum absolute atomic E-state index is 13.0. The van der Waals surface area contributed by atoms with E-state index in [0.29, 0.717) is 5.56 Å². The fourth-order valence-corrected chi connectivity index (χ4v) is 3.65. The van der Waals surface area contributed by atoms with Crippen molar-refractivity contribution in [3.63, 3.8) is 0 Å². The van der Waals surface area contributed by atoms with Crippen LogP contribution >= 0.6 is 11.8 Å². The molecule has 2 aromatic carbocycles. The van der Waals surface area contributed by atoms with Gasteiger partial charge in [-0.15, -0.1) is 11.8 Å². The highest BCUT2D eigenvalue weighted by Gasteiger charge is 2.31. The Bertz CT molecular complexity index is 996. The number of thioether (sulfide) groups is 1. The van der Waals surface area contributed by atoms with Crippen molar-refractivity contribution in [1.29, 1.82) is 0 Å². The lowest BCUT2D eigenvalue weighted by molar-refractivity contribution is -0.387. The van der Waals surface area contributed by atoms with Gasteiger partial charge in [-0.05, 0) is 35.7 Å². The Morgan fingerprint density at radius 3 is 2.42 bits per heavy atom. The summed E-state index contributed by atoms with van der Waals surface area (Å²) in [6, 6.07) is 7.71. The van der Waals surface area contributed by atoms with Crippen molar-refractivity contribution in [1.82, 2.24) is 5.32 Å². The lowest BCUT2D eigenvalue weighted by atomic mass is 9.94. The molecule has 0 aliphatic carbocycles. The van der Waals surface area contributed by atoms with Gasteiger partial charge < -0.3 is 11.1 Å². The number of hydrogen-bond acceptors (Lipinski definition) is 5. The number of nitro benzene ring substituents is 1. The first-order valence-corrected chi connectivity index (χ1v) is 10.1. The van der Waals surface area contributed by atoms with E-state index in [2.05, 4.69) is 5.32 Å². The molecule has 2 aromatic rings. The van der Waals surface area contributed by atoms with Gasteiger partial charge in [0, 0.05) is 11.6 Å². The van der Waals surface area contributed by atoms with E-state index < -0.39 is 34.5 Å². The molecule has 0 aromatic heterocycles. The number of alkyl halides is 3. The molecule has 2 rings (SSSR count). The van der Waals surface area contributed by atoms with Gasteiger partial charge in [-0.25, -0.2) is 0 Å². The molecular weight excluding hydrogens is 435 g/mol. The Hall–Kier alpha value is -3.08. The lowest BCUT2D eigenvalue weighted by Gasteiger charge is -2.24. The zero-order chi connectivity index (χ0) is 23.3. The number of carbonyl (C=O) groups is 2. The zero-order valence-corrected chi connectivity index (χ0v) is 17.4. The highest BCUT2D eigenvalue weighted by molar-refractivity contribution is 8.00. The maximum atomic E-state index is 13.0. The number of nitrogens with two attached hydrogens (primary N) is 1.